The fourth-order valence-electron chi connectivity index (χ4n) is 5.06. The highest BCUT2D eigenvalue weighted by atomic mass is 32.3. The summed E-state index contributed by atoms with van der Waals surface area (Å²) in [6.45, 7) is 2.05. The molecule has 4 atom stereocenters. The van der Waals surface area contributed by atoms with Crippen molar-refractivity contribution in [2.75, 3.05) is 0 Å². The van der Waals surface area contributed by atoms with Gasteiger partial charge in [0.05, 0.1) is 0 Å². The molecule has 1 aliphatic heterocycles. The van der Waals surface area contributed by atoms with Crippen molar-refractivity contribution in [2.45, 2.75) is 50.7 Å². The number of aliphatic hydroxyl groups is 1. The number of hydrogen-bond donors (Lipinski definition) is 1. The van der Waals surface area contributed by atoms with Crippen molar-refractivity contribution in [3.8, 4) is 0 Å². The van der Waals surface area contributed by atoms with Crippen LogP contribution in [0.15, 0.2) is 17.9 Å². The summed E-state index contributed by atoms with van der Waals surface area (Å²) in [5, 5.41) is 10.1. The van der Waals surface area contributed by atoms with Gasteiger partial charge in [0.2, 0.25) is 0 Å². The molecule has 0 bridgehead atoms. The predicted octanol–water partition coefficient (Wildman–Crippen LogP) is 2.70. The standard InChI is InChI=1S/C18H18O6S/c1-18-7-6-11-10(12(18)4-5-14(18)20)3-2-9-8-13(19)16-17(15(9)11)24-25(21,22)23-16/h2-3,8,12,16-17,19H,4-7H2,1H3/t12-,16?,17?,18-/m0/s1. The number of fused-ring (bicyclic) bond motifs is 7. The molecule has 1 saturated heterocycles. The lowest BCUT2D eigenvalue weighted by Gasteiger charge is -2.39. The number of Topliss-reactive ketones (excluding diaryl/α,β-unsaturated/α-hetero) is 1. The highest BCUT2D eigenvalue weighted by Gasteiger charge is 2.52. The molecule has 0 radical (unpaired) electrons. The van der Waals surface area contributed by atoms with Gasteiger partial charge in [0, 0.05) is 11.8 Å². The van der Waals surface area contributed by atoms with Gasteiger partial charge in [0.25, 0.3) is 0 Å². The van der Waals surface area contributed by atoms with Gasteiger partial charge >= 0.3 is 10.4 Å². The van der Waals surface area contributed by atoms with Gasteiger partial charge in [0.1, 0.15) is 17.6 Å². The van der Waals surface area contributed by atoms with Gasteiger partial charge in [-0.15, -0.1) is 0 Å². The van der Waals surface area contributed by atoms with E-state index in [0.29, 0.717) is 18.6 Å². The van der Waals surface area contributed by atoms with Crippen LogP contribution in [0.25, 0.3) is 6.08 Å². The molecule has 0 spiro atoms. The first-order valence-electron chi connectivity index (χ1n) is 8.51. The van der Waals surface area contributed by atoms with Gasteiger partial charge in [-0.05, 0) is 53.5 Å². The highest BCUT2D eigenvalue weighted by molar-refractivity contribution is 7.82. The first kappa shape index (κ1) is 15.5. The average molecular weight is 362 g/mol. The molecule has 1 N–H and O–H groups in total. The van der Waals surface area contributed by atoms with Gasteiger partial charge in [-0.1, -0.05) is 19.1 Å². The summed E-state index contributed by atoms with van der Waals surface area (Å²) in [5.74, 6) is 0.334. The van der Waals surface area contributed by atoms with Crippen LogP contribution in [0.5, 0.6) is 0 Å². The second-order valence-electron chi connectivity index (χ2n) is 7.58. The Labute approximate surface area is 145 Å². The van der Waals surface area contributed by atoms with E-state index in [-0.39, 0.29) is 17.1 Å². The molecule has 2 fully saturated rings. The Hall–Kier alpha value is -1.70. The minimum Gasteiger partial charge on any atom is -0.509 e. The number of aliphatic hydroxyl groups excluding tert-OH is 1. The molecule has 7 heteroatoms. The molecule has 3 aliphatic carbocycles. The Bertz CT molecular complexity index is 947. The Morgan fingerprint density at radius 1 is 1.20 bits per heavy atom. The first-order valence-corrected chi connectivity index (χ1v) is 9.84. The normalized spacial score (nSPS) is 37.7. The lowest BCUT2D eigenvalue weighted by atomic mass is 9.64. The van der Waals surface area contributed by atoms with Gasteiger partial charge in [-0.3, -0.25) is 4.79 Å². The number of rotatable bonds is 0. The summed E-state index contributed by atoms with van der Waals surface area (Å²) >= 11 is 0. The van der Waals surface area contributed by atoms with Crippen LogP contribution in [0.1, 0.15) is 60.5 Å². The summed E-state index contributed by atoms with van der Waals surface area (Å²) in [6, 6.07) is 3.90. The van der Waals surface area contributed by atoms with Crippen LogP contribution in [0.4, 0.5) is 0 Å². The van der Waals surface area contributed by atoms with E-state index < -0.39 is 22.6 Å². The molecule has 5 rings (SSSR count). The van der Waals surface area contributed by atoms with Crippen molar-refractivity contribution < 1.29 is 26.7 Å². The smallest absolute Gasteiger partial charge is 0.401 e. The Morgan fingerprint density at radius 2 is 1.96 bits per heavy atom. The van der Waals surface area contributed by atoms with Crippen molar-refractivity contribution in [3.63, 3.8) is 0 Å². The van der Waals surface area contributed by atoms with E-state index in [4.69, 9.17) is 8.37 Å². The summed E-state index contributed by atoms with van der Waals surface area (Å²) in [5.41, 5.74) is 3.37. The van der Waals surface area contributed by atoms with Gasteiger partial charge in [0.15, 0.2) is 6.10 Å². The highest BCUT2D eigenvalue weighted by Crippen LogP contribution is 2.56. The van der Waals surface area contributed by atoms with Crippen LogP contribution >= 0.6 is 0 Å². The van der Waals surface area contributed by atoms with Crippen LogP contribution < -0.4 is 0 Å². The average Bonchev–Trinajstić information content (AvgIpc) is 3.04. The Balaban J connectivity index is 1.71. The Kier molecular flexibility index (Phi) is 2.93. The minimum absolute atomic E-state index is 0.143. The van der Waals surface area contributed by atoms with E-state index in [0.717, 1.165) is 35.1 Å². The van der Waals surface area contributed by atoms with Gasteiger partial charge in [-0.25, -0.2) is 8.37 Å². The number of hydrogen-bond acceptors (Lipinski definition) is 6. The maximum absolute atomic E-state index is 12.4. The topological polar surface area (TPSA) is 89.9 Å². The molecule has 1 heterocycles. The molecule has 25 heavy (non-hydrogen) atoms. The molecule has 2 unspecified atom stereocenters. The third-order valence-electron chi connectivity index (χ3n) is 6.36. The fraction of sp³-hybridized carbons (Fsp3) is 0.500. The van der Waals surface area contributed by atoms with Crippen molar-refractivity contribution >= 4 is 22.3 Å². The summed E-state index contributed by atoms with van der Waals surface area (Å²) in [6.07, 6.45) is 2.53. The molecule has 1 aromatic rings. The molecule has 132 valence electrons. The third kappa shape index (κ3) is 1.97. The fourth-order valence-corrected chi connectivity index (χ4v) is 6.01. The SMILES string of the molecule is C[C@]12CCc3c(ccc4c3C3OS(=O)(=O)OC3C(O)=C4)[C@@H]1CCC2=O. The molecular formula is C18H18O6S. The molecule has 0 amide bonds. The van der Waals surface area contributed by atoms with Gasteiger partial charge < -0.3 is 5.11 Å². The van der Waals surface area contributed by atoms with Crippen LogP contribution in [-0.4, -0.2) is 25.4 Å². The van der Waals surface area contributed by atoms with E-state index in [1.165, 1.54) is 0 Å². The van der Waals surface area contributed by atoms with Crippen molar-refractivity contribution in [1.29, 1.82) is 0 Å². The van der Waals surface area contributed by atoms with E-state index in [1.807, 2.05) is 19.1 Å². The minimum atomic E-state index is -4.12. The summed E-state index contributed by atoms with van der Waals surface area (Å²) in [4.78, 5) is 12.4. The number of carbonyl (C=O) groups is 1. The zero-order valence-electron chi connectivity index (χ0n) is 13.7. The molecule has 4 aliphatic rings. The van der Waals surface area contributed by atoms with Crippen LogP contribution in [0.3, 0.4) is 0 Å². The van der Waals surface area contributed by atoms with E-state index in [2.05, 4.69) is 0 Å². The van der Waals surface area contributed by atoms with Gasteiger partial charge in [-0.2, -0.15) is 8.42 Å². The largest absolute Gasteiger partial charge is 0.509 e. The van der Waals surface area contributed by atoms with E-state index in [9.17, 15) is 18.3 Å². The third-order valence-corrected chi connectivity index (χ3v) is 7.25. The maximum Gasteiger partial charge on any atom is 0.401 e. The van der Waals surface area contributed by atoms with Crippen molar-refractivity contribution in [3.05, 3.63) is 40.1 Å². The van der Waals surface area contributed by atoms with Crippen molar-refractivity contribution in [2.24, 2.45) is 5.41 Å². The zero-order chi connectivity index (χ0) is 17.6. The molecule has 6 nitrogen and oxygen atoms in total. The monoisotopic (exact) mass is 362 g/mol. The lowest BCUT2D eigenvalue weighted by Crippen LogP contribution is -2.34. The summed E-state index contributed by atoms with van der Waals surface area (Å²) < 4.78 is 33.6. The number of carbonyl (C=O) groups excluding carboxylic acids is 1. The van der Waals surface area contributed by atoms with Crippen LogP contribution in [0.2, 0.25) is 0 Å². The molecule has 1 aromatic carbocycles. The molecular weight excluding hydrogens is 344 g/mol. The van der Waals surface area contributed by atoms with Crippen LogP contribution in [-0.2, 0) is 30.0 Å². The quantitative estimate of drug-likeness (QED) is 0.763. The second kappa shape index (κ2) is 4.72. The second-order valence-corrected chi connectivity index (χ2v) is 8.78. The van der Waals surface area contributed by atoms with Crippen molar-refractivity contribution in [1.82, 2.24) is 0 Å². The lowest BCUT2D eigenvalue weighted by molar-refractivity contribution is -0.126. The van der Waals surface area contributed by atoms with E-state index >= 15 is 0 Å². The predicted molar refractivity (Wildman–Crippen MR) is 88.1 cm³/mol. The number of benzene rings is 1. The number of ketones is 1. The first-order chi connectivity index (χ1) is 11.8. The van der Waals surface area contributed by atoms with E-state index in [1.54, 1.807) is 6.08 Å². The Morgan fingerprint density at radius 3 is 2.76 bits per heavy atom. The van der Waals surface area contributed by atoms with Crippen LogP contribution in [0, 0.1) is 5.41 Å². The molecule has 1 saturated carbocycles. The zero-order valence-corrected chi connectivity index (χ0v) is 14.5. The molecule has 0 aromatic heterocycles. The summed E-state index contributed by atoms with van der Waals surface area (Å²) in [7, 11) is -4.12. The maximum atomic E-state index is 12.4.